The molecule has 8 heterocycles. The van der Waals surface area contributed by atoms with Gasteiger partial charge in [-0.2, -0.15) is 0 Å². The summed E-state index contributed by atoms with van der Waals surface area (Å²) >= 11 is 0. The van der Waals surface area contributed by atoms with Crippen LogP contribution in [0.1, 0.15) is 113 Å². The van der Waals surface area contributed by atoms with Crippen molar-refractivity contribution in [2.45, 2.75) is 126 Å². The molecule has 376 valence electrons. The Morgan fingerprint density at radius 2 is 0.871 bits per heavy atom. The molecule has 70 heavy (non-hydrogen) atoms. The Morgan fingerprint density at radius 3 is 1.26 bits per heavy atom. The normalized spacial score (nSPS) is 25.7. The molecule has 2 spiro atoms. The highest BCUT2D eigenvalue weighted by atomic mass is 19.1. The van der Waals surface area contributed by atoms with Crippen molar-refractivity contribution in [3.63, 3.8) is 0 Å². The Hall–Kier alpha value is -4.50. The molecule has 2 saturated carbocycles. The topological polar surface area (TPSA) is 75.7 Å². The number of ether oxygens (including phenoxy) is 4. The molecular formula is C56H70F4N6O4. The lowest BCUT2D eigenvalue weighted by Crippen LogP contribution is -2.56. The van der Waals surface area contributed by atoms with E-state index in [0.717, 1.165) is 164 Å². The molecule has 0 amide bonds. The van der Waals surface area contributed by atoms with Gasteiger partial charge in [-0.05, 0) is 139 Å². The minimum atomic E-state index is -0.268. The molecule has 4 aromatic rings. The van der Waals surface area contributed by atoms with Crippen molar-refractivity contribution in [1.29, 1.82) is 0 Å². The van der Waals surface area contributed by atoms with Gasteiger partial charge < -0.3 is 38.5 Å². The number of benzene rings is 2. The van der Waals surface area contributed by atoms with Gasteiger partial charge in [0.05, 0.1) is 62.6 Å². The van der Waals surface area contributed by atoms with Gasteiger partial charge in [0, 0.05) is 98.0 Å². The SMILES string of the molecule is Fc1cncc(N2CC3(CC[C@@H](N4CCC(c5cc(F)ccc5OC5CCOCC5)CC4)C3)C2)c1.Fc1cncc(N2CC3(CC[C@H](N4CCC(c5cc(F)ccc5OC5CCOCC5)CC4)C3)C2)c1. The molecule has 2 aliphatic carbocycles. The van der Waals surface area contributed by atoms with E-state index in [1.807, 2.05) is 12.1 Å². The first-order valence-electron chi connectivity index (χ1n) is 26.4. The zero-order chi connectivity index (χ0) is 47.7. The van der Waals surface area contributed by atoms with Gasteiger partial charge in [-0.25, -0.2) is 17.6 Å². The van der Waals surface area contributed by atoms with Crippen LogP contribution in [0.4, 0.5) is 28.9 Å². The highest BCUT2D eigenvalue weighted by Gasteiger charge is 2.51. The Kier molecular flexibility index (Phi) is 14.3. The Bertz CT molecular complexity index is 2230. The first kappa shape index (κ1) is 47.8. The number of pyridine rings is 2. The van der Waals surface area contributed by atoms with Crippen LogP contribution in [-0.2, 0) is 9.47 Å². The van der Waals surface area contributed by atoms with Crippen molar-refractivity contribution in [3.05, 3.63) is 108 Å². The van der Waals surface area contributed by atoms with Gasteiger partial charge in [0.15, 0.2) is 0 Å². The van der Waals surface area contributed by atoms with E-state index >= 15 is 0 Å². The maximum atomic E-state index is 14.2. The second-order valence-corrected chi connectivity index (χ2v) is 22.1. The van der Waals surface area contributed by atoms with Gasteiger partial charge in [-0.3, -0.25) is 9.97 Å². The van der Waals surface area contributed by atoms with E-state index in [4.69, 9.17) is 18.9 Å². The maximum Gasteiger partial charge on any atom is 0.143 e. The molecule has 10 nitrogen and oxygen atoms in total. The summed E-state index contributed by atoms with van der Waals surface area (Å²) in [5, 5.41) is 0. The van der Waals surface area contributed by atoms with Gasteiger partial charge >= 0.3 is 0 Å². The summed E-state index contributed by atoms with van der Waals surface area (Å²) in [4.78, 5) is 17.9. The third-order valence-electron chi connectivity index (χ3n) is 17.4. The maximum absolute atomic E-state index is 14.2. The number of piperidine rings is 2. The molecule has 0 N–H and O–H groups in total. The standard InChI is InChI=1S/2C28H35F2N3O2/c2*29-21-1-2-27(35-25-6-11-34-12-7-25)26(14-21)20-4-9-32(10-5-20)23-3-8-28(15-23)18-33(19-28)24-13-22(30)16-31-17-24/h2*1-2,13-14,16-17,20,23,25H,3-12,15,18-19H2/t2*23-/m10/s1. The Morgan fingerprint density at radius 1 is 0.471 bits per heavy atom. The molecule has 12 rings (SSSR count). The highest BCUT2D eigenvalue weighted by Crippen LogP contribution is 2.51. The second-order valence-electron chi connectivity index (χ2n) is 22.1. The predicted molar refractivity (Wildman–Crippen MR) is 262 cm³/mol. The van der Waals surface area contributed by atoms with Crippen molar-refractivity contribution in [3.8, 4) is 11.5 Å². The van der Waals surface area contributed by atoms with Crippen LogP contribution in [0, 0.1) is 34.1 Å². The van der Waals surface area contributed by atoms with Crippen LogP contribution in [0.5, 0.6) is 11.5 Å². The van der Waals surface area contributed by atoms with Crippen molar-refractivity contribution in [2.24, 2.45) is 10.8 Å². The predicted octanol–water partition coefficient (Wildman–Crippen LogP) is 10.3. The van der Waals surface area contributed by atoms with E-state index in [0.29, 0.717) is 34.7 Å². The average Bonchev–Trinajstić information content (AvgIpc) is 4.03. The van der Waals surface area contributed by atoms with Crippen LogP contribution < -0.4 is 19.3 Å². The number of rotatable bonds is 10. The van der Waals surface area contributed by atoms with Crippen molar-refractivity contribution in [1.82, 2.24) is 19.8 Å². The zero-order valence-electron chi connectivity index (χ0n) is 40.6. The number of nitrogens with zero attached hydrogens (tertiary/aromatic N) is 6. The van der Waals surface area contributed by atoms with E-state index < -0.39 is 0 Å². The molecule has 2 atom stereocenters. The van der Waals surface area contributed by atoms with Crippen LogP contribution in [0.15, 0.2) is 73.3 Å². The van der Waals surface area contributed by atoms with Crippen molar-refractivity contribution < 1.29 is 36.5 Å². The first-order valence-corrected chi connectivity index (χ1v) is 26.4. The molecule has 0 bridgehead atoms. The Labute approximate surface area is 411 Å². The number of hydrogen-bond acceptors (Lipinski definition) is 10. The molecule has 0 unspecified atom stereocenters. The zero-order valence-corrected chi connectivity index (χ0v) is 40.6. The summed E-state index contributed by atoms with van der Waals surface area (Å²) in [6.45, 7) is 11.2. The second kappa shape index (κ2) is 20.9. The number of aromatic nitrogens is 2. The van der Waals surface area contributed by atoms with E-state index in [1.54, 1.807) is 36.7 Å². The quantitative estimate of drug-likeness (QED) is 0.144. The third kappa shape index (κ3) is 10.8. The summed E-state index contributed by atoms with van der Waals surface area (Å²) in [7, 11) is 0. The molecule has 8 fully saturated rings. The molecular weight excluding hydrogens is 897 g/mol. The first-order chi connectivity index (χ1) is 34.1. The fourth-order valence-electron chi connectivity index (χ4n) is 13.6. The number of hydrogen-bond donors (Lipinski definition) is 0. The fourth-order valence-corrected chi connectivity index (χ4v) is 13.6. The highest BCUT2D eigenvalue weighted by molar-refractivity contribution is 5.49. The van der Waals surface area contributed by atoms with Gasteiger partial charge in [-0.1, -0.05) is 0 Å². The lowest BCUT2D eigenvalue weighted by Gasteiger charge is -2.50. The largest absolute Gasteiger partial charge is 0.490 e. The summed E-state index contributed by atoms with van der Waals surface area (Å²) < 4.78 is 79.1. The monoisotopic (exact) mass is 967 g/mol. The molecule has 0 radical (unpaired) electrons. The summed E-state index contributed by atoms with van der Waals surface area (Å²) in [5.41, 5.74) is 4.60. The third-order valence-corrected chi connectivity index (χ3v) is 17.4. The molecule has 14 heteroatoms. The minimum Gasteiger partial charge on any atom is -0.490 e. The van der Waals surface area contributed by atoms with Crippen LogP contribution >= 0.6 is 0 Å². The average molecular weight is 967 g/mol. The van der Waals surface area contributed by atoms with Gasteiger partial charge in [0.1, 0.15) is 47.0 Å². The molecule has 2 aromatic heterocycles. The van der Waals surface area contributed by atoms with E-state index in [-0.39, 0.29) is 35.5 Å². The minimum absolute atomic E-state index is 0.160. The lowest BCUT2D eigenvalue weighted by molar-refractivity contribution is 0.0245. The molecule has 8 aliphatic rings. The summed E-state index contributed by atoms with van der Waals surface area (Å²) in [5.74, 6) is 1.50. The van der Waals surface area contributed by atoms with E-state index in [2.05, 4.69) is 29.6 Å². The lowest BCUT2D eigenvalue weighted by atomic mass is 9.77. The fraction of sp³-hybridized carbons (Fsp3) is 0.607. The van der Waals surface area contributed by atoms with E-state index in [9.17, 15) is 17.6 Å². The van der Waals surface area contributed by atoms with Crippen LogP contribution in [0.3, 0.4) is 0 Å². The smallest absolute Gasteiger partial charge is 0.143 e. The number of anilines is 2. The van der Waals surface area contributed by atoms with Crippen molar-refractivity contribution >= 4 is 11.4 Å². The molecule has 2 aromatic carbocycles. The van der Waals surface area contributed by atoms with Gasteiger partial charge in [-0.15, -0.1) is 0 Å². The van der Waals surface area contributed by atoms with E-state index in [1.165, 1.54) is 63.1 Å². The van der Waals surface area contributed by atoms with Crippen LogP contribution in [0.25, 0.3) is 0 Å². The summed E-state index contributed by atoms with van der Waals surface area (Å²) in [6.07, 6.45) is 21.5. The Balaban J connectivity index is 0.000000152. The number of likely N-dealkylation sites (tertiary alicyclic amines) is 2. The molecule has 6 saturated heterocycles. The molecule has 6 aliphatic heterocycles. The van der Waals surface area contributed by atoms with Gasteiger partial charge in [0.25, 0.3) is 0 Å². The summed E-state index contributed by atoms with van der Waals surface area (Å²) in [6, 6.07) is 14.5. The number of halogens is 4. The van der Waals surface area contributed by atoms with Gasteiger partial charge in [0.2, 0.25) is 0 Å². The van der Waals surface area contributed by atoms with Crippen molar-refractivity contribution in [2.75, 3.05) is 88.6 Å². The van der Waals surface area contributed by atoms with Crippen LogP contribution in [0.2, 0.25) is 0 Å². The van der Waals surface area contributed by atoms with Crippen LogP contribution in [-0.4, -0.2) is 123 Å².